The highest BCUT2D eigenvalue weighted by atomic mass is 19.4. The summed E-state index contributed by atoms with van der Waals surface area (Å²) < 4.78 is 41.6. The van der Waals surface area contributed by atoms with Crippen molar-refractivity contribution in [3.63, 3.8) is 0 Å². The highest BCUT2D eigenvalue weighted by Gasteiger charge is 2.37. The fraction of sp³-hybridized carbons (Fsp3) is 0.667. The number of halogens is 3. The van der Waals surface area contributed by atoms with Gasteiger partial charge in [-0.05, 0) is 33.2 Å². The number of aromatic nitrogens is 4. The SMILES string of the molecule is CCCc1nc(Nc2cnn(C3CC(N4CCN(C)CC4)C3)c2C)ncc1C(F)(F)F. The fourth-order valence-electron chi connectivity index (χ4n) is 4.42. The van der Waals surface area contributed by atoms with Crippen molar-refractivity contribution < 1.29 is 13.2 Å². The van der Waals surface area contributed by atoms with Crippen LogP contribution in [0.4, 0.5) is 24.8 Å². The maximum absolute atomic E-state index is 13.2. The molecule has 0 unspecified atom stereocenters. The lowest BCUT2D eigenvalue weighted by atomic mass is 9.85. The predicted molar refractivity (Wildman–Crippen MR) is 112 cm³/mol. The van der Waals surface area contributed by atoms with Crippen molar-refractivity contribution in [2.24, 2.45) is 0 Å². The third-order valence-electron chi connectivity index (χ3n) is 6.44. The van der Waals surface area contributed by atoms with Crippen LogP contribution in [0, 0.1) is 6.92 Å². The molecule has 2 aromatic rings. The molecule has 0 bridgehead atoms. The first-order chi connectivity index (χ1) is 14.8. The van der Waals surface area contributed by atoms with E-state index in [9.17, 15) is 13.2 Å². The zero-order valence-electron chi connectivity index (χ0n) is 18.3. The molecule has 10 heteroatoms. The van der Waals surface area contributed by atoms with Gasteiger partial charge in [0, 0.05) is 38.4 Å². The first-order valence-electron chi connectivity index (χ1n) is 10.9. The van der Waals surface area contributed by atoms with Crippen LogP contribution in [0.2, 0.25) is 0 Å². The quantitative estimate of drug-likeness (QED) is 0.745. The summed E-state index contributed by atoms with van der Waals surface area (Å²) in [6, 6.07) is 0.956. The summed E-state index contributed by atoms with van der Waals surface area (Å²) in [5, 5.41) is 7.60. The number of alkyl halides is 3. The normalized spacial score (nSPS) is 23.0. The smallest absolute Gasteiger partial charge is 0.321 e. The first kappa shape index (κ1) is 22.0. The lowest BCUT2D eigenvalue weighted by molar-refractivity contribution is -0.138. The van der Waals surface area contributed by atoms with E-state index in [0.717, 1.165) is 56.6 Å². The number of hydrogen-bond acceptors (Lipinski definition) is 6. The van der Waals surface area contributed by atoms with Crippen LogP contribution in [0.5, 0.6) is 0 Å². The maximum Gasteiger partial charge on any atom is 0.419 e. The van der Waals surface area contributed by atoms with Gasteiger partial charge in [-0.25, -0.2) is 9.97 Å². The fourth-order valence-corrected chi connectivity index (χ4v) is 4.42. The standard InChI is InChI=1S/C21H30F3N7/c1-4-5-18-17(21(22,23)24)12-25-20(27-18)28-19-13-26-31(14(19)2)16-10-15(11-16)30-8-6-29(3)7-9-30/h12-13,15-16H,4-11H2,1-3H3,(H,25,27,28). The van der Waals surface area contributed by atoms with Gasteiger partial charge >= 0.3 is 6.18 Å². The average molecular weight is 438 g/mol. The zero-order chi connectivity index (χ0) is 22.2. The Kier molecular flexibility index (Phi) is 6.20. The van der Waals surface area contributed by atoms with Crippen LogP contribution < -0.4 is 5.32 Å². The number of anilines is 2. The summed E-state index contributed by atoms with van der Waals surface area (Å²) in [7, 11) is 2.16. The molecule has 1 aliphatic carbocycles. The van der Waals surface area contributed by atoms with E-state index in [2.05, 4.69) is 37.2 Å². The molecule has 1 saturated carbocycles. The van der Waals surface area contributed by atoms with Crippen LogP contribution in [0.3, 0.4) is 0 Å². The minimum atomic E-state index is -4.45. The molecular weight excluding hydrogens is 407 g/mol. The molecule has 170 valence electrons. The number of hydrogen-bond donors (Lipinski definition) is 1. The summed E-state index contributed by atoms with van der Waals surface area (Å²) in [6.45, 7) is 8.26. The van der Waals surface area contributed by atoms with Crippen LogP contribution in [0.1, 0.15) is 49.2 Å². The van der Waals surface area contributed by atoms with E-state index in [1.165, 1.54) is 0 Å². The van der Waals surface area contributed by atoms with Crippen molar-refractivity contribution >= 4 is 11.6 Å². The van der Waals surface area contributed by atoms with Crippen molar-refractivity contribution in [1.82, 2.24) is 29.5 Å². The van der Waals surface area contributed by atoms with Crippen LogP contribution in [-0.4, -0.2) is 68.8 Å². The molecule has 31 heavy (non-hydrogen) atoms. The second kappa shape index (κ2) is 8.74. The van der Waals surface area contributed by atoms with Gasteiger partial charge in [-0.15, -0.1) is 0 Å². The molecule has 3 heterocycles. The highest BCUT2D eigenvalue weighted by molar-refractivity contribution is 5.55. The monoisotopic (exact) mass is 437 g/mol. The Hall–Kier alpha value is -2.20. The number of aryl methyl sites for hydroxylation is 1. The van der Waals surface area contributed by atoms with E-state index < -0.39 is 11.7 Å². The third-order valence-corrected chi connectivity index (χ3v) is 6.44. The van der Waals surface area contributed by atoms with Gasteiger partial charge in [-0.1, -0.05) is 13.3 Å². The lowest BCUT2D eigenvalue weighted by Crippen LogP contribution is -2.53. The number of rotatable bonds is 6. The van der Waals surface area contributed by atoms with Gasteiger partial charge < -0.3 is 10.2 Å². The van der Waals surface area contributed by atoms with Gasteiger partial charge in [0.2, 0.25) is 5.95 Å². The summed E-state index contributed by atoms with van der Waals surface area (Å²) in [5.41, 5.74) is 0.927. The minimum Gasteiger partial charge on any atom is -0.321 e. The van der Waals surface area contributed by atoms with Crippen molar-refractivity contribution in [3.8, 4) is 0 Å². The molecule has 7 nitrogen and oxygen atoms in total. The lowest BCUT2D eigenvalue weighted by Gasteiger charge is -2.46. The van der Waals surface area contributed by atoms with E-state index in [1.54, 1.807) is 6.20 Å². The molecule has 2 aromatic heterocycles. The zero-order valence-corrected chi connectivity index (χ0v) is 18.3. The van der Waals surface area contributed by atoms with E-state index in [-0.39, 0.29) is 18.1 Å². The van der Waals surface area contributed by atoms with Crippen molar-refractivity contribution in [1.29, 1.82) is 0 Å². The molecule has 2 aliphatic rings. The molecule has 4 rings (SSSR count). The second-order valence-corrected chi connectivity index (χ2v) is 8.63. The molecule has 1 N–H and O–H groups in total. The Morgan fingerprint density at radius 3 is 2.45 bits per heavy atom. The Morgan fingerprint density at radius 2 is 1.81 bits per heavy atom. The van der Waals surface area contributed by atoms with Crippen molar-refractivity contribution in [2.75, 3.05) is 38.5 Å². The van der Waals surface area contributed by atoms with Gasteiger partial charge in [-0.3, -0.25) is 9.58 Å². The molecule has 1 saturated heterocycles. The molecule has 0 aromatic carbocycles. The number of nitrogens with one attached hydrogen (secondary N) is 1. The second-order valence-electron chi connectivity index (χ2n) is 8.63. The predicted octanol–water partition coefficient (Wildman–Crippen LogP) is 3.65. The van der Waals surface area contributed by atoms with Gasteiger partial charge in [0.25, 0.3) is 0 Å². The number of likely N-dealkylation sites (N-methyl/N-ethyl adjacent to an activating group) is 1. The Labute approximate surface area is 180 Å². The molecular formula is C21H30F3N7. The van der Waals surface area contributed by atoms with Crippen molar-refractivity contribution in [3.05, 3.63) is 29.3 Å². The number of piperazine rings is 1. The summed E-state index contributed by atoms with van der Waals surface area (Å²) in [6.07, 6.45) is 1.10. The van der Waals surface area contributed by atoms with E-state index in [1.807, 2.05) is 18.5 Å². The Morgan fingerprint density at radius 1 is 1.10 bits per heavy atom. The summed E-state index contributed by atoms with van der Waals surface area (Å²) >= 11 is 0. The summed E-state index contributed by atoms with van der Waals surface area (Å²) in [5.74, 6) is 0.169. The topological polar surface area (TPSA) is 62.1 Å². The van der Waals surface area contributed by atoms with Crippen molar-refractivity contribution in [2.45, 2.75) is 57.8 Å². The van der Waals surface area contributed by atoms with Gasteiger partial charge in [-0.2, -0.15) is 18.3 Å². The molecule has 0 atom stereocenters. The Balaban J connectivity index is 1.42. The molecule has 1 aliphatic heterocycles. The third kappa shape index (κ3) is 4.69. The Bertz CT molecular complexity index is 897. The van der Waals surface area contributed by atoms with Gasteiger partial charge in [0.1, 0.15) is 0 Å². The molecule has 0 spiro atoms. The van der Waals surface area contributed by atoms with Gasteiger partial charge in [0.15, 0.2) is 0 Å². The largest absolute Gasteiger partial charge is 0.419 e. The highest BCUT2D eigenvalue weighted by Crippen LogP contribution is 2.38. The number of nitrogens with zero attached hydrogens (tertiary/aromatic N) is 6. The molecule has 0 radical (unpaired) electrons. The summed E-state index contributed by atoms with van der Waals surface area (Å²) in [4.78, 5) is 13.0. The first-order valence-corrected chi connectivity index (χ1v) is 10.9. The van der Waals surface area contributed by atoms with Crippen LogP contribution >= 0.6 is 0 Å². The van der Waals surface area contributed by atoms with Crippen LogP contribution in [-0.2, 0) is 12.6 Å². The van der Waals surface area contributed by atoms with Gasteiger partial charge in [0.05, 0.1) is 34.9 Å². The van der Waals surface area contributed by atoms with E-state index >= 15 is 0 Å². The molecule has 0 amide bonds. The molecule has 2 fully saturated rings. The van der Waals surface area contributed by atoms with Crippen LogP contribution in [0.15, 0.2) is 12.4 Å². The van der Waals surface area contributed by atoms with Crippen LogP contribution in [0.25, 0.3) is 0 Å². The van der Waals surface area contributed by atoms with E-state index in [4.69, 9.17) is 0 Å². The maximum atomic E-state index is 13.2. The minimum absolute atomic E-state index is 0.0200. The van der Waals surface area contributed by atoms with E-state index in [0.29, 0.717) is 18.5 Å². The average Bonchev–Trinajstić information content (AvgIpc) is 3.02.